The molecule has 38 heavy (non-hydrogen) atoms. The molecule has 0 saturated carbocycles. The van der Waals surface area contributed by atoms with Gasteiger partial charge in [-0.05, 0) is 98.7 Å². The molecule has 1 atom stereocenters. The maximum atomic E-state index is 13.5. The molecule has 0 radical (unpaired) electrons. The zero-order chi connectivity index (χ0) is 26.8. The van der Waals surface area contributed by atoms with Gasteiger partial charge in [0.25, 0.3) is 11.7 Å². The van der Waals surface area contributed by atoms with Gasteiger partial charge in [-0.3, -0.25) is 14.5 Å². The lowest BCUT2D eigenvalue weighted by molar-refractivity contribution is -0.132. The summed E-state index contributed by atoms with van der Waals surface area (Å²) in [5.74, 6) is -0.807. The van der Waals surface area contributed by atoms with E-state index in [4.69, 9.17) is 4.74 Å². The molecule has 0 bridgehead atoms. The number of aryl methyl sites for hydroxylation is 2. The normalized spacial score (nSPS) is 18.4. The molecule has 1 fully saturated rings. The number of aliphatic hydroxyl groups is 1. The molecular weight excluding hydrogens is 476 g/mol. The summed E-state index contributed by atoms with van der Waals surface area (Å²) in [4.78, 5) is 30.8. The highest BCUT2D eigenvalue weighted by molar-refractivity contribution is 6.51. The van der Waals surface area contributed by atoms with E-state index in [1.807, 2.05) is 54.6 Å². The van der Waals surface area contributed by atoms with Crippen molar-refractivity contribution in [1.29, 1.82) is 0 Å². The van der Waals surface area contributed by atoms with E-state index in [-0.39, 0.29) is 11.3 Å². The van der Waals surface area contributed by atoms with Crippen LogP contribution in [0.25, 0.3) is 5.76 Å². The minimum Gasteiger partial charge on any atom is -0.507 e. The van der Waals surface area contributed by atoms with Gasteiger partial charge in [0.1, 0.15) is 11.5 Å². The number of fused-ring (bicyclic) bond motifs is 1. The zero-order valence-corrected chi connectivity index (χ0v) is 22.2. The van der Waals surface area contributed by atoms with E-state index in [0.29, 0.717) is 17.0 Å². The Balaban J connectivity index is 1.63. The number of benzene rings is 3. The first kappa shape index (κ1) is 25.6. The van der Waals surface area contributed by atoms with E-state index >= 15 is 0 Å². The van der Waals surface area contributed by atoms with E-state index in [1.54, 1.807) is 19.2 Å². The maximum Gasteiger partial charge on any atom is 0.300 e. The van der Waals surface area contributed by atoms with Gasteiger partial charge in [0, 0.05) is 30.0 Å². The van der Waals surface area contributed by atoms with Crippen LogP contribution in [0.1, 0.15) is 55.0 Å². The van der Waals surface area contributed by atoms with Gasteiger partial charge in [-0.1, -0.05) is 24.3 Å². The fraction of sp³-hybridized carbons (Fsp3) is 0.312. The minimum absolute atomic E-state index is 0.101. The number of hydrogen-bond donors (Lipinski definition) is 1. The summed E-state index contributed by atoms with van der Waals surface area (Å²) < 4.78 is 5.33. The minimum atomic E-state index is -0.767. The van der Waals surface area contributed by atoms with Gasteiger partial charge >= 0.3 is 0 Å². The second-order valence-corrected chi connectivity index (χ2v) is 9.82. The van der Waals surface area contributed by atoms with Crippen molar-refractivity contribution in [3.63, 3.8) is 0 Å². The average Bonchev–Trinajstić information content (AvgIpc) is 3.23. The number of carbonyl (C=O) groups excluding carboxylic acids is 2. The van der Waals surface area contributed by atoms with Gasteiger partial charge in [-0.25, -0.2) is 0 Å². The SMILES string of the molecule is CCN(CC)c1ccc(N2C(=O)C(=O)/C(=C(\O)c3ccc4c(c3)CCCC4)C2c2ccc(OC)cc2)cc1. The number of ketones is 1. The number of methoxy groups -OCH3 is 1. The predicted octanol–water partition coefficient (Wildman–Crippen LogP) is 6.05. The van der Waals surface area contributed by atoms with Crippen LogP contribution in [0.5, 0.6) is 5.75 Å². The number of hydrogen-bond acceptors (Lipinski definition) is 5. The highest BCUT2D eigenvalue weighted by Gasteiger charge is 2.47. The lowest BCUT2D eigenvalue weighted by Crippen LogP contribution is -2.29. The Morgan fingerprint density at radius 2 is 1.58 bits per heavy atom. The van der Waals surface area contributed by atoms with Crippen molar-refractivity contribution in [2.75, 3.05) is 30.0 Å². The molecule has 3 aromatic rings. The number of carbonyl (C=O) groups is 2. The largest absolute Gasteiger partial charge is 0.507 e. The summed E-state index contributed by atoms with van der Waals surface area (Å²) in [5, 5.41) is 11.5. The Morgan fingerprint density at radius 1 is 0.921 bits per heavy atom. The van der Waals surface area contributed by atoms with Gasteiger partial charge in [0.15, 0.2) is 0 Å². The molecular formula is C32H34N2O4. The van der Waals surface area contributed by atoms with Crippen LogP contribution in [-0.4, -0.2) is 37.0 Å². The molecule has 1 N–H and O–H groups in total. The van der Waals surface area contributed by atoms with E-state index in [2.05, 4.69) is 18.7 Å². The average molecular weight is 511 g/mol. The standard InChI is InChI=1S/C32H34N2O4/c1-4-33(5-2)25-14-16-26(17-15-25)34-29(22-12-18-27(38-3)19-13-22)28(31(36)32(34)37)30(35)24-11-10-21-8-6-7-9-23(21)20-24/h10-20,29,35H,4-9H2,1-3H3/b30-28-. The lowest BCUT2D eigenvalue weighted by Gasteiger charge is -2.27. The van der Waals surface area contributed by atoms with E-state index in [9.17, 15) is 14.7 Å². The second-order valence-electron chi connectivity index (χ2n) is 9.82. The molecule has 2 aliphatic rings. The van der Waals surface area contributed by atoms with Crippen LogP contribution < -0.4 is 14.5 Å². The van der Waals surface area contributed by atoms with E-state index < -0.39 is 17.7 Å². The van der Waals surface area contributed by atoms with Crippen molar-refractivity contribution in [2.45, 2.75) is 45.6 Å². The van der Waals surface area contributed by atoms with Crippen molar-refractivity contribution in [1.82, 2.24) is 0 Å². The lowest BCUT2D eigenvalue weighted by atomic mass is 9.88. The zero-order valence-electron chi connectivity index (χ0n) is 22.2. The quantitative estimate of drug-likeness (QED) is 0.238. The van der Waals surface area contributed by atoms with Crippen LogP contribution >= 0.6 is 0 Å². The Morgan fingerprint density at radius 3 is 2.21 bits per heavy atom. The maximum absolute atomic E-state index is 13.5. The number of rotatable bonds is 7. The Kier molecular flexibility index (Phi) is 7.23. The van der Waals surface area contributed by atoms with E-state index in [0.717, 1.165) is 50.0 Å². The Labute approximate surface area is 224 Å². The first-order chi connectivity index (χ1) is 18.5. The number of anilines is 2. The first-order valence-electron chi connectivity index (χ1n) is 13.4. The van der Waals surface area contributed by atoms with Crippen LogP contribution in [0, 0.1) is 0 Å². The highest BCUT2D eigenvalue weighted by Crippen LogP contribution is 2.43. The van der Waals surface area contributed by atoms with Gasteiger partial charge < -0.3 is 14.7 Å². The predicted molar refractivity (Wildman–Crippen MR) is 151 cm³/mol. The van der Waals surface area contributed by atoms with E-state index in [1.165, 1.54) is 16.0 Å². The number of aliphatic hydroxyl groups excluding tert-OH is 1. The van der Waals surface area contributed by atoms with Gasteiger partial charge in [0.05, 0.1) is 18.7 Å². The van der Waals surface area contributed by atoms with Crippen LogP contribution in [0.4, 0.5) is 11.4 Å². The van der Waals surface area contributed by atoms with Crippen LogP contribution in [0.15, 0.2) is 72.3 Å². The molecule has 0 spiro atoms. The summed E-state index contributed by atoms with van der Waals surface area (Å²) >= 11 is 0. The summed E-state index contributed by atoms with van der Waals surface area (Å²) in [6.45, 7) is 5.93. The van der Waals surface area contributed by atoms with Gasteiger partial charge in [-0.2, -0.15) is 0 Å². The summed E-state index contributed by atoms with van der Waals surface area (Å²) in [6, 6.07) is 20.1. The molecule has 6 heteroatoms. The van der Waals surface area contributed by atoms with Crippen molar-refractivity contribution < 1.29 is 19.4 Å². The first-order valence-corrected chi connectivity index (χ1v) is 13.4. The molecule has 5 rings (SSSR count). The number of amides is 1. The summed E-state index contributed by atoms with van der Waals surface area (Å²) in [5.41, 5.74) is 5.52. The fourth-order valence-corrected chi connectivity index (χ4v) is 5.65. The Hall–Kier alpha value is -4.06. The molecule has 196 valence electrons. The summed E-state index contributed by atoms with van der Waals surface area (Å²) in [7, 11) is 1.59. The molecule has 1 saturated heterocycles. The third kappa shape index (κ3) is 4.55. The highest BCUT2D eigenvalue weighted by atomic mass is 16.5. The summed E-state index contributed by atoms with van der Waals surface area (Å²) in [6.07, 6.45) is 4.24. The number of Topliss-reactive ketones (excluding diaryl/α,β-unsaturated/α-hetero) is 1. The molecule has 1 amide bonds. The van der Waals surface area contributed by atoms with Crippen LogP contribution in [0.2, 0.25) is 0 Å². The molecule has 1 aliphatic carbocycles. The molecule has 0 aromatic heterocycles. The van der Waals surface area contributed by atoms with Crippen molar-refractivity contribution in [2.24, 2.45) is 0 Å². The van der Waals surface area contributed by atoms with Crippen molar-refractivity contribution in [3.8, 4) is 5.75 Å². The van der Waals surface area contributed by atoms with Gasteiger partial charge in [-0.15, -0.1) is 0 Å². The van der Waals surface area contributed by atoms with Crippen LogP contribution in [0.3, 0.4) is 0 Å². The molecule has 1 aliphatic heterocycles. The third-order valence-electron chi connectivity index (χ3n) is 7.75. The number of ether oxygens (including phenoxy) is 1. The topological polar surface area (TPSA) is 70.1 Å². The Bertz CT molecular complexity index is 1370. The van der Waals surface area contributed by atoms with Crippen molar-refractivity contribution in [3.05, 3.63) is 94.6 Å². The number of nitrogens with zero attached hydrogens (tertiary/aromatic N) is 2. The molecule has 6 nitrogen and oxygen atoms in total. The molecule has 1 heterocycles. The van der Waals surface area contributed by atoms with Gasteiger partial charge in [0.2, 0.25) is 0 Å². The van der Waals surface area contributed by atoms with Crippen molar-refractivity contribution >= 4 is 28.8 Å². The monoisotopic (exact) mass is 510 g/mol. The fourth-order valence-electron chi connectivity index (χ4n) is 5.65. The van der Waals surface area contributed by atoms with Crippen LogP contribution in [-0.2, 0) is 22.4 Å². The third-order valence-corrected chi connectivity index (χ3v) is 7.75. The second kappa shape index (κ2) is 10.7. The smallest absolute Gasteiger partial charge is 0.300 e. The molecule has 3 aromatic carbocycles. The molecule has 1 unspecified atom stereocenters.